The van der Waals surface area contributed by atoms with Crippen LogP contribution in [0.15, 0.2) is 69.3 Å². The maximum atomic E-state index is 6.06. The molecule has 2 heteroatoms. The van der Waals surface area contributed by atoms with Crippen molar-refractivity contribution in [2.45, 2.75) is 36.5 Å². The van der Waals surface area contributed by atoms with Crippen molar-refractivity contribution in [2.75, 3.05) is 0 Å². The van der Waals surface area contributed by atoms with Gasteiger partial charge in [0.05, 0.1) is 0 Å². The molecule has 1 nitrogen and oxygen atoms in total. The van der Waals surface area contributed by atoms with Gasteiger partial charge in [0.1, 0.15) is 15.8 Å². The van der Waals surface area contributed by atoms with E-state index >= 15 is 0 Å². The second kappa shape index (κ2) is 5.76. The number of allylic oxidation sites excluding steroid dienone is 2. The number of hydrogen-bond acceptors (Lipinski definition) is 1. The molecule has 3 rings (SSSR count). The number of rotatable bonds is 3. The van der Waals surface area contributed by atoms with Gasteiger partial charge < -0.3 is 4.74 Å². The van der Waals surface area contributed by atoms with E-state index in [4.69, 9.17) is 4.74 Å². The Bertz CT molecular complexity index is 600. The summed E-state index contributed by atoms with van der Waals surface area (Å²) in [6.45, 7) is 4.39. The summed E-state index contributed by atoms with van der Waals surface area (Å²) in [5.74, 6) is 2.01. The Morgan fingerprint density at radius 3 is 2.05 bits per heavy atom. The van der Waals surface area contributed by atoms with E-state index in [2.05, 4.69) is 56.3 Å². The second-order valence-electron chi connectivity index (χ2n) is 4.81. The molecule has 0 saturated carbocycles. The van der Waals surface area contributed by atoms with Crippen LogP contribution in [0.3, 0.4) is 0 Å². The van der Waals surface area contributed by atoms with Crippen LogP contribution in [0.1, 0.15) is 26.7 Å². The summed E-state index contributed by atoms with van der Waals surface area (Å²) < 4.78 is 6.06. The average Bonchev–Trinajstić information content (AvgIpc) is 2.50. The topological polar surface area (TPSA) is 9.23 Å². The van der Waals surface area contributed by atoms with E-state index in [0.29, 0.717) is 0 Å². The van der Waals surface area contributed by atoms with Crippen molar-refractivity contribution in [2.24, 2.45) is 0 Å². The quantitative estimate of drug-likeness (QED) is 0.673. The third-order valence-electron chi connectivity index (χ3n) is 3.44. The minimum absolute atomic E-state index is 0.00389. The van der Waals surface area contributed by atoms with E-state index in [1.54, 1.807) is 0 Å². The summed E-state index contributed by atoms with van der Waals surface area (Å²) in [5.41, 5.74) is 0. The molecule has 0 saturated heterocycles. The van der Waals surface area contributed by atoms with Gasteiger partial charge in [0.25, 0.3) is 0 Å². The van der Waals surface area contributed by atoms with Crippen molar-refractivity contribution >= 4 is 10.9 Å². The molecule has 0 amide bonds. The summed E-state index contributed by atoms with van der Waals surface area (Å²) in [7, 11) is 0.00389. The Kier molecular flexibility index (Phi) is 3.83. The maximum Gasteiger partial charge on any atom is 0.208 e. The summed E-state index contributed by atoms with van der Waals surface area (Å²) in [5, 5.41) is 0. The van der Waals surface area contributed by atoms with Gasteiger partial charge in [0.15, 0.2) is 11.5 Å². The number of benzene rings is 2. The Hall–Kier alpha value is -1.67. The van der Waals surface area contributed by atoms with Crippen molar-refractivity contribution in [1.29, 1.82) is 0 Å². The lowest BCUT2D eigenvalue weighted by Crippen LogP contribution is -2.13. The zero-order chi connectivity index (χ0) is 13.9. The van der Waals surface area contributed by atoms with Crippen LogP contribution < -0.4 is 4.74 Å². The molecule has 0 aromatic heterocycles. The fraction of sp³-hybridized carbons (Fsp3) is 0.222. The Morgan fingerprint density at radius 2 is 1.55 bits per heavy atom. The summed E-state index contributed by atoms with van der Waals surface area (Å²) in [6.07, 6.45) is 4.60. The normalized spacial score (nSPS) is 14.4. The molecule has 2 aromatic rings. The van der Waals surface area contributed by atoms with Gasteiger partial charge in [-0.3, -0.25) is 0 Å². The summed E-state index contributed by atoms with van der Waals surface area (Å²) >= 11 is 0. The van der Waals surface area contributed by atoms with Crippen LogP contribution in [0.2, 0.25) is 0 Å². The summed E-state index contributed by atoms with van der Waals surface area (Å²) in [4.78, 5) is 4.14. The Labute approximate surface area is 123 Å². The molecule has 0 spiro atoms. The molecule has 0 N–H and O–H groups in total. The average molecular weight is 283 g/mol. The van der Waals surface area contributed by atoms with Crippen molar-refractivity contribution < 1.29 is 4.74 Å². The van der Waals surface area contributed by atoms with E-state index in [1.165, 1.54) is 21.1 Å². The van der Waals surface area contributed by atoms with E-state index in [-0.39, 0.29) is 10.9 Å². The zero-order valence-corrected chi connectivity index (χ0v) is 12.7. The monoisotopic (exact) mass is 283 g/mol. The third-order valence-corrected chi connectivity index (χ3v) is 5.96. The zero-order valence-electron chi connectivity index (χ0n) is 11.9. The van der Waals surface area contributed by atoms with E-state index in [9.17, 15) is 0 Å². The predicted octanol–water partition coefficient (Wildman–Crippen LogP) is 5.53. The fourth-order valence-electron chi connectivity index (χ4n) is 2.54. The lowest BCUT2D eigenvalue weighted by Gasteiger charge is -2.20. The van der Waals surface area contributed by atoms with Gasteiger partial charge in [-0.2, -0.15) is 0 Å². The SMILES string of the molecule is C/C=C(/CCC)[S+]1c2ccccc2Oc2ccccc21. The molecule has 1 aliphatic rings. The minimum Gasteiger partial charge on any atom is -0.447 e. The van der Waals surface area contributed by atoms with Crippen LogP contribution in [0, 0.1) is 0 Å². The predicted molar refractivity (Wildman–Crippen MR) is 85.5 cm³/mol. The molecule has 0 unspecified atom stereocenters. The molecule has 0 fully saturated rings. The minimum atomic E-state index is 0.00389. The standard InChI is InChI=1S/C18H19OS/c1-3-9-14(4-2)20-17-12-7-5-10-15(17)19-16-11-6-8-13-18(16)20/h4-8,10-13H,3,9H2,1-2H3/q+1/b14-4-. The van der Waals surface area contributed by atoms with Gasteiger partial charge in [-0.25, -0.2) is 0 Å². The van der Waals surface area contributed by atoms with Crippen LogP contribution >= 0.6 is 0 Å². The number of para-hydroxylation sites is 2. The van der Waals surface area contributed by atoms with Crippen molar-refractivity contribution in [1.82, 2.24) is 0 Å². The van der Waals surface area contributed by atoms with E-state index in [1.807, 2.05) is 12.1 Å². The van der Waals surface area contributed by atoms with E-state index < -0.39 is 0 Å². The molecule has 0 aliphatic carbocycles. The molecule has 1 heterocycles. The highest BCUT2D eigenvalue weighted by Gasteiger charge is 2.39. The molecular weight excluding hydrogens is 264 g/mol. The molecule has 0 radical (unpaired) electrons. The smallest absolute Gasteiger partial charge is 0.208 e. The highest BCUT2D eigenvalue weighted by atomic mass is 32.2. The van der Waals surface area contributed by atoms with Crippen molar-refractivity contribution in [3.63, 3.8) is 0 Å². The first-order valence-electron chi connectivity index (χ1n) is 7.10. The van der Waals surface area contributed by atoms with Crippen LogP contribution in [-0.2, 0) is 10.9 Å². The maximum absolute atomic E-state index is 6.06. The summed E-state index contributed by atoms with van der Waals surface area (Å²) in [6, 6.07) is 16.9. The van der Waals surface area contributed by atoms with Crippen LogP contribution in [-0.4, -0.2) is 0 Å². The third kappa shape index (κ3) is 2.25. The van der Waals surface area contributed by atoms with Gasteiger partial charge in [-0.15, -0.1) is 0 Å². The highest BCUT2D eigenvalue weighted by molar-refractivity contribution is 8.00. The first kappa shape index (κ1) is 13.3. The van der Waals surface area contributed by atoms with E-state index in [0.717, 1.165) is 17.9 Å². The molecule has 0 bridgehead atoms. The van der Waals surface area contributed by atoms with Crippen LogP contribution in [0.25, 0.3) is 0 Å². The first-order chi connectivity index (χ1) is 9.85. The largest absolute Gasteiger partial charge is 0.447 e. The first-order valence-corrected chi connectivity index (χ1v) is 8.33. The van der Waals surface area contributed by atoms with Gasteiger partial charge in [-0.1, -0.05) is 31.2 Å². The fourth-order valence-corrected chi connectivity index (χ4v) is 5.03. The molecule has 2 aromatic carbocycles. The van der Waals surface area contributed by atoms with Crippen molar-refractivity contribution in [3.8, 4) is 11.5 Å². The molecule has 20 heavy (non-hydrogen) atoms. The highest BCUT2D eigenvalue weighted by Crippen LogP contribution is 2.47. The molecule has 1 aliphatic heterocycles. The lowest BCUT2D eigenvalue weighted by molar-refractivity contribution is 0.453. The van der Waals surface area contributed by atoms with Crippen LogP contribution in [0.5, 0.6) is 11.5 Å². The Balaban J connectivity index is 2.17. The lowest BCUT2D eigenvalue weighted by atomic mass is 10.3. The van der Waals surface area contributed by atoms with Gasteiger partial charge >= 0.3 is 0 Å². The van der Waals surface area contributed by atoms with Gasteiger partial charge in [0.2, 0.25) is 9.79 Å². The number of hydrogen-bond donors (Lipinski definition) is 0. The Morgan fingerprint density at radius 1 is 1.00 bits per heavy atom. The molecule has 0 atom stereocenters. The second-order valence-corrected chi connectivity index (χ2v) is 6.82. The number of fused-ring (bicyclic) bond motifs is 2. The van der Waals surface area contributed by atoms with Gasteiger partial charge in [0, 0.05) is 6.42 Å². The van der Waals surface area contributed by atoms with Gasteiger partial charge in [-0.05, 0) is 43.7 Å². The van der Waals surface area contributed by atoms with Crippen molar-refractivity contribution in [3.05, 3.63) is 59.5 Å². The molecular formula is C18H19OS+. The van der Waals surface area contributed by atoms with Crippen LogP contribution in [0.4, 0.5) is 0 Å². The number of ether oxygens (including phenoxy) is 1. The molecule has 102 valence electrons.